The van der Waals surface area contributed by atoms with Crippen molar-refractivity contribution < 1.29 is 4.74 Å². The van der Waals surface area contributed by atoms with Crippen LogP contribution in [0, 0.1) is 0 Å². The molecule has 0 aliphatic carbocycles. The topological polar surface area (TPSA) is 24.8 Å². The van der Waals surface area contributed by atoms with E-state index in [1.54, 1.807) is 30.6 Å². The molecule has 0 radical (unpaired) electrons. The van der Waals surface area contributed by atoms with E-state index in [1.165, 1.54) is 9.79 Å². The predicted molar refractivity (Wildman–Crippen MR) is 120 cm³/mol. The molecule has 3 aromatic rings. The highest BCUT2D eigenvalue weighted by molar-refractivity contribution is 8.07. The third-order valence-corrected chi connectivity index (χ3v) is 6.51. The monoisotopic (exact) mass is 404 g/mol. The number of hydrogen-bond acceptors (Lipinski definition) is 5. The fraction of sp³-hybridized carbons (Fsp3) is 0.0870. The zero-order valence-electron chi connectivity index (χ0n) is 15.4. The third kappa shape index (κ3) is 4.33. The van der Waals surface area contributed by atoms with Crippen LogP contribution in [0.3, 0.4) is 0 Å². The quantitative estimate of drug-likeness (QED) is 0.484. The van der Waals surface area contributed by atoms with Gasteiger partial charge in [-0.25, -0.2) is 5.01 Å². The van der Waals surface area contributed by atoms with Crippen molar-refractivity contribution in [2.75, 3.05) is 12.1 Å². The molecule has 1 unspecified atom stereocenters. The molecule has 140 valence electrons. The number of allylic oxidation sites excluding steroid dienone is 1. The summed E-state index contributed by atoms with van der Waals surface area (Å²) in [5.74, 6) is 0. The molecule has 1 atom stereocenters. The molecule has 5 heteroatoms. The molecule has 0 aromatic heterocycles. The maximum Gasteiger partial charge on any atom is 0.183 e. The standard InChI is InChI=1S/C23H20N2OS2/c1-26-23-22(28-20-15-9-4-10-16-20)21(27-19-13-7-3-8-14-19)17-24-25(23)18-11-5-2-6-12-18/h2-17,23H,1H3. The minimum absolute atomic E-state index is 0.288. The van der Waals surface area contributed by atoms with Gasteiger partial charge in [0.25, 0.3) is 0 Å². The molecular formula is C23H20N2OS2. The zero-order chi connectivity index (χ0) is 19.2. The number of hydrogen-bond donors (Lipinski definition) is 0. The fourth-order valence-electron chi connectivity index (χ4n) is 2.87. The van der Waals surface area contributed by atoms with Crippen LogP contribution in [-0.4, -0.2) is 19.6 Å². The molecule has 3 aromatic carbocycles. The van der Waals surface area contributed by atoms with Gasteiger partial charge in [-0.15, -0.1) is 0 Å². The van der Waals surface area contributed by atoms with E-state index in [4.69, 9.17) is 9.84 Å². The largest absolute Gasteiger partial charge is 0.355 e. The number of rotatable bonds is 6. The van der Waals surface area contributed by atoms with E-state index in [9.17, 15) is 0 Å². The highest BCUT2D eigenvalue weighted by Gasteiger charge is 2.29. The summed E-state index contributed by atoms with van der Waals surface area (Å²) in [5, 5.41) is 6.64. The molecule has 1 aliphatic rings. The van der Waals surface area contributed by atoms with Crippen molar-refractivity contribution >= 4 is 35.4 Å². The lowest BCUT2D eigenvalue weighted by Gasteiger charge is -2.33. The molecule has 0 saturated heterocycles. The molecule has 4 rings (SSSR count). The van der Waals surface area contributed by atoms with Gasteiger partial charge in [-0.2, -0.15) is 5.10 Å². The van der Waals surface area contributed by atoms with E-state index in [0.717, 1.165) is 15.5 Å². The van der Waals surface area contributed by atoms with Crippen molar-refractivity contribution in [3.8, 4) is 0 Å². The first kappa shape index (κ1) is 18.9. The van der Waals surface area contributed by atoms with Crippen LogP contribution in [0.4, 0.5) is 5.69 Å². The molecule has 3 nitrogen and oxygen atoms in total. The normalized spacial score (nSPS) is 16.5. The Kier molecular flexibility index (Phi) is 6.17. The highest BCUT2D eigenvalue weighted by Crippen LogP contribution is 2.42. The van der Waals surface area contributed by atoms with Crippen molar-refractivity contribution in [1.29, 1.82) is 0 Å². The van der Waals surface area contributed by atoms with Gasteiger partial charge in [-0.1, -0.05) is 78.1 Å². The van der Waals surface area contributed by atoms with Crippen molar-refractivity contribution in [3.05, 3.63) is 101 Å². The minimum atomic E-state index is -0.288. The Labute approximate surface area is 174 Å². The van der Waals surface area contributed by atoms with Gasteiger partial charge in [-0.3, -0.25) is 0 Å². The van der Waals surface area contributed by atoms with Gasteiger partial charge in [0.05, 0.1) is 16.8 Å². The van der Waals surface area contributed by atoms with Crippen molar-refractivity contribution in [1.82, 2.24) is 0 Å². The summed E-state index contributed by atoms with van der Waals surface area (Å²) in [6, 6.07) is 30.9. The molecule has 0 saturated carbocycles. The summed E-state index contributed by atoms with van der Waals surface area (Å²) in [7, 11) is 1.73. The lowest BCUT2D eigenvalue weighted by molar-refractivity contribution is 0.133. The maximum absolute atomic E-state index is 5.93. The first-order valence-corrected chi connectivity index (χ1v) is 10.6. The van der Waals surface area contributed by atoms with Crippen LogP contribution in [-0.2, 0) is 4.74 Å². The second-order valence-corrected chi connectivity index (χ2v) is 8.30. The Hall–Kier alpha value is -2.47. The van der Waals surface area contributed by atoms with E-state index < -0.39 is 0 Å². The summed E-state index contributed by atoms with van der Waals surface area (Å²) in [6.45, 7) is 0. The van der Waals surface area contributed by atoms with Crippen LogP contribution in [0.1, 0.15) is 0 Å². The first-order chi connectivity index (χ1) is 13.8. The van der Waals surface area contributed by atoms with Gasteiger partial charge >= 0.3 is 0 Å². The predicted octanol–water partition coefficient (Wildman–Crippen LogP) is 6.26. The van der Waals surface area contributed by atoms with Gasteiger partial charge in [-0.05, 0) is 36.4 Å². The third-order valence-electron chi connectivity index (χ3n) is 4.17. The van der Waals surface area contributed by atoms with Gasteiger partial charge in [0.1, 0.15) is 0 Å². The Morgan fingerprint density at radius 3 is 1.86 bits per heavy atom. The number of benzene rings is 3. The fourth-order valence-corrected chi connectivity index (χ4v) is 4.97. The maximum atomic E-state index is 5.93. The Morgan fingerprint density at radius 2 is 1.29 bits per heavy atom. The van der Waals surface area contributed by atoms with Crippen molar-refractivity contribution in [2.24, 2.45) is 5.10 Å². The summed E-state index contributed by atoms with van der Waals surface area (Å²) in [6.07, 6.45) is 1.65. The smallest absolute Gasteiger partial charge is 0.183 e. The van der Waals surface area contributed by atoms with E-state index in [0.29, 0.717) is 0 Å². The van der Waals surface area contributed by atoms with Crippen LogP contribution in [0.5, 0.6) is 0 Å². The molecule has 0 spiro atoms. The van der Waals surface area contributed by atoms with E-state index in [-0.39, 0.29) is 6.23 Å². The molecule has 0 fully saturated rings. The van der Waals surface area contributed by atoms with Crippen LogP contribution >= 0.6 is 23.5 Å². The van der Waals surface area contributed by atoms with E-state index >= 15 is 0 Å². The molecule has 28 heavy (non-hydrogen) atoms. The lowest BCUT2D eigenvalue weighted by atomic mass is 10.3. The first-order valence-electron chi connectivity index (χ1n) is 8.96. The van der Waals surface area contributed by atoms with Gasteiger partial charge in [0.15, 0.2) is 6.23 Å². The number of thioether (sulfide) groups is 2. The number of ether oxygens (including phenoxy) is 1. The van der Waals surface area contributed by atoms with Gasteiger partial charge in [0, 0.05) is 21.8 Å². The minimum Gasteiger partial charge on any atom is -0.355 e. The number of para-hydroxylation sites is 1. The molecule has 1 aliphatic heterocycles. The highest BCUT2D eigenvalue weighted by atomic mass is 32.2. The zero-order valence-corrected chi connectivity index (χ0v) is 17.1. The second kappa shape index (κ2) is 9.15. The number of anilines is 1. The van der Waals surface area contributed by atoms with E-state index in [1.807, 2.05) is 53.7 Å². The van der Waals surface area contributed by atoms with Crippen molar-refractivity contribution in [3.63, 3.8) is 0 Å². The average molecular weight is 405 g/mol. The van der Waals surface area contributed by atoms with Crippen LogP contribution in [0.25, 0.3) is 0 Å². The second-order valence-electron chi connectivity index (χ2n) is 6.07. The Balaban J connectivity index is 1.73. The SMILES string of the molecule is COC1C(Sc2ccccc2)=C(Sc2ccccc2)C=NN1c1ccccc1. The van der Waals surface area contributed by atoms with E-state index in [2.05, 4.69) is 48.5 Å². The number of methoxy groups -OCH3 is 1. The Morgan fingerprint density at radius 1 is 0.750 bits per heavy atom. The van der Waals surface area contributed by atoms with Crippen LogP contribution in [0.15, 0.2) is 116 Å². The molecular weight excluding hydrogens is 384 g/mol. The molecule has 0 N–H and O–H groups in total. The average Bonchev–Trinajstić information content (AvgIpc) is 2.77. The van der Waals surface area contributed by atoms with Crippen LogP contribution < -0.4 is 5.01 Å². The summed E-state index contributed by atoms with van der Waals surface area (Å²) >= 11 is 3.43. The molecule has 1 heterocycles. The van der Waals surface area contributed by atoms with Crippen LogP contribution in [0.2, 0.25) is 0 Å². The van der Waals surface area contributed by atoms with Gasteiger partial charge < -0.3 is 4.74 Å². The lowest BCUT2D eigenvalue weighted by Crippen LogP contribution is -2.36. The summed E-state index contributed by atoms with van der Waals surface area (Å²) < 4.78 is 5.93. The summed E-state index contributed by atoms with van der Waals surface area (Å²) in [4.78, 5) is 4.58. The molecule has 0 bridgehead atoms. The molecule has 0 amide bonds. The Bertz CT molecular complexity index is 960. The number of hydrazone groups is 1. The van der Waals surface area contributed by atoms with Crippen molar-refractivity contribution in [2.45, 2.75) is 16.0 Å². The number of nitrogens with zero attached hydrogens (tertiary/aromatic N) is 2. The van der Waals surface area contributed by atoms with Gasteiger partial charge in [0.2, 0.25) is 0 Å². The summed E-state index contributed by atoms with van der Waals surface area (Å²) in [5.41, 5.74) is 1.00.